The molecule has 6 nitrogen and oxygen atoms in total. The Hall–Kier alpha value is -3.80. The average Bonchev–Trinajstić information content (AvgIpc) is 2.79. The van der Waals surface area contributed by atoms with E-state index in [-0.39, 0.29) is 6.42 Å². The number of hydrogen-bond donors (Lipinski definition) is 1. The highest BCUT2D eigenvalue weighted by atomic mass is 16.6. The molecular formula is C27H29NO5. The van der Waals surface area contributed by atoms with Crippen LogP contribution in [-0.4, -0.2) is 30.8 Å². The van der Waals surface area contributed by atoms with E-state index < -0.39 is 23.7 Å². The summed E-state index contributed by atoms with van der Waals surface area (Å²) in [7, 11) is 1.28. The second kappa shape index (κ2) is 10.7. The van der Waals surface area contributed by atoms with Gasteiger partial charge in [0.25, 0.3) is 0 Å². The van der Waals surface area contributed by atoms with Crippen LogP contribution in [0.1, 0.15) is 26.3 Å². The predicted molar refractivity (Wildman–Crippen MR) is 127 cm³/mol. The minimum Gasteiger partial charge on any atom is -0.467 e. The topological polar surface area (TPSA) is 73.9 Å². The molecular weight excluding hydrogens is 418 g/mol. The number of benzene rings is 3. The van der Waals surface area contributed by atoms with Crippen molar-refractivity contribution in [2.24, 2.45) is 0 Å². The number of carbonyl (C=O) groups is 2. The Morgan fingerprint density at radius 2 is 1.36 bits per heavy atom. The van der Waals surface area contributed by atoms with Crippen molar-refractivity contribution >= 4 is 12.1 Å². The summed E-state index contributed by atoms with van der Waals surface area (Å²) < 4.78 is 16.0. The van der Waals surface area contributed by atoms with Crippen LogP contribution in [0.3, 0.4) is 0 Å². The molecule has 3 rings (SSSR count). The quantitative estimate of drug-likeness (QED) is 0.467. The molecule has 3 aromatic carbocycles. The molecule has 3 aromatic rings. The van der Waals surface area contributed by atoms with Gasteiger partial charge in [-0.2, -0.15) is 0 Å². The molecule has 33 heavy (non-hydrogen) atoms. The van der Waals surface area contributed by atoms with Gasteiger partial charge in [0.15, 0.2) is 0 Å². The molecule has 6 heteroatoms. The first-order valence-electron chi connectivity index (χ1n) is 10.7. The monoisotopic (exact) mass is 447 g/mol. The molecule has 0 aliphatic heterocycles. The van der Waals surface area contributed by atoms with Crippen molar-refractivity contribution in [3.63, 3.8) is 0 Å². The Balaban J connectivity index is 1.62. The highest BCUT2D eigenvalue weighted by molar-refractivity contribution is 5.81. The van der Waals surface area contributed by atoms with E-state index in [9.17, 15) is 9.59 Å². The van der Waals surface area contributed by atoms with Crippen LogP contribution < -0.4 is 10.1 Å². The number of alkyl carbamates (subject to hydrolysis) is 1. The minimum atomic E-state index is -0.859. The van der Waals surface area contributed by atoms with Crippen molar-refractivity contribution in [3.8, 4) is 22.6 Å². The molecule has 0 unspecified atom stereocenters. The van der Waals surface area contributed by atoms with Crippen molar-refractivity contribution in [1.29, 1.82) is 0 Å². The van der Waals surface area contributed by atoms with Crippen LogP contribution >= 0.6 is 0 Å². The molecule has 0 heterocycles. The lowest BCUT2D eigenvalue weighted by Crippen LogP contribution is -2.45. The smallest absolute Gasteiger partial charge is 0.408 e. The molecule has 0 fully saturated rings. The van der Waals surface area contributed by atoms with Crippen LogP contribution in [0.15, 0.2) is 78.9 Å². The van der Waals surface area contributed by atoms with E-state index in [0.717, 1.165) is 22.4 Å². The van der Waals surface area contributed by atoms with Crippen LogP contribution in [0.5, 0.6) is 11.5 Å². The number of rotatable bonds is 7. The van der Waals surface area contributed by atoms with Crippen LogP contribution in [0.4, 0.5) is 4.79 Å². The summed E-state index contributed by atoms with van der Waals surface area (Å²) in [5.74, 6) is 0.849. The molecule has 1 amide bonds. The Bertz CT molecular complexity index is 1050. The normalized spacial score (nSPS) is 11.9. The molecule has 0 aliphatic carbocycles. The Kier molecular flexibility index (Phi) is 7.72. The van der Waals surface area contributed by atoms with Crippen molar-refractivity contribution in [2.45, 2.75) is 38.8 Å². The number of esters is 1. The van der Waals surface area contributed by atoms with Crippen LogP contribution in [0, 0.1) is 0 Å². The Labute approximate surface area is 194 Å². The predicted octanol–water partition coefficient (Wildman–Crippen LogP) is 5.75. The zero-order valence-electron chi connectivity index (χ0n) is 19.3. The van der Waals surface area contributed by atoms with Gasteiger partial charge in [-0.15, -0.1) is 0 Å². The van der Waals surface area contributed by atoms with E-state index in [4.69, 9.17) is 14.2 Å². The standard InChI is InChI=1S/C27H29NO5/c1-27(2,3)33-26(30)28-24(25(29)31-4)18-19-10-14-22(15-11-19)32-23-16-12-21(13-17-23)20-8-6-5-7-9-20/h5-17,24H,18H2,1-4H3,(H,28,30)/t24-/m1/s1. The maximum atomic E-state index is 12.1. The first-order valence-corrected chi connectivity index (χ1v) is 10.7. The largest absolute Gasteiger partial charge is 0.467 e. The summed E-state index contributed by atoms with van der Waals surface area (Å²) >= 11 is 0. The average molecular weight is 448 g/mol. The van der Waals surface area contributed by atoms with E-state index in [0.29, 0.717) is 5.75 Å². The second-order valence-corrected chi connectivity index (χ2v) is 8.56. The number of amides is 1. The van der Waals surface area contributed by atoms with Gasteiger partial charge in [0, 0.05) is 6.42 Å². The van der Waals surface area contributed by atoms with E-state index in [1.807, 2.05) is 66.7 Å². The van der Waals surface area contributed by atoms with Gasteiger partial charge in [-0.1, -0.05) is 54.6 Å². The van der Waals surface area contributed by atoms with Gasteiger partial charge in [0.2, 0.25) is 0 Å². The number of ether oxygens (including phenoxy) is 3. The summed E-state index contributed by atoms with van der Waals surface area (Å²) in [5.41, 5.74) is 2.44. The third-order valence-electron chi connectivity index (χ3n) is 4.74. The third-order valence-corrected chi connectivity index (χ3v) is 4.74. The summed E-state index contributed by atoms with van der Waals surface area (Å²) in [5, 5.41) is 2.58. The van der Waals surface area contributed by atoms with E-state index >= 15 is 0 Å². The maximum absolute atomic E-state index is 12.1. The molecule has 1 N–H and O–H groups in total. The highest BCUT2D eigenvalue weighted by Crippen LogP contribution is 2.26. The van der Waals surface area contributed by atoms with Crippen LogP contribution in [-0.2, 0) is 20.7 Å². The molecule has 0 saturated carbocycles. The molecule has 0 saturated heterocycles. The van der Waals surface area contributed by atoms with Crippen molar-refractivity contribution in [1.82, 2.24) is 5.32 Å². The number of hydrogen-bond acceptors (Lipinski definition) is 5. The van der Waals surface area contributed by atoms with Crippen molar-refractivity contribution < 1.29 is 23.8 Å². The first kappa shape index (κ1) is 23.9. The van der Waals surface area contributed by atoms with Gasteiger partial charge >= 0.3 is 12.1 Å². The number of nitrogens with one attached hydrogen (secondary N) is 1. The molecule has 0 radical (unpaired) electrons. The summed E-state index contributed by atoms with van der Waals surface area (Å²) in [4.78, 5) is 24.2. The summed E-state index contributed by atoms with van der Waals surface area (Å²) in [6.07, 6.45) is -0.408. The fourth-order valence-electron chi connectivity index (χ4n) is 3.20. The highest BCUT2D eigenvalue weighted by Gasteiger charge is 2.25. The lowest BCUT2D eigenvalue weighted by atomic mass is 10.1. The summed E-state index contributed by atoms with van der Waals surface area (Å²) in [6.45, 7) is 5.27. The van der Waals surface area contributed by atoms with E-state index in [2.05, 4.69) is 17.4 Å². The molecule has 172 valence electrons. The van der Waals surface area contributed by atoms with Gasteiger partial charge in [0.1, 0.15) is 23.1 Å². The molecule has 0 spiro atoms. The first-order chi connectivity index (χ1) is 15.7. The van der Waals surface area contributed by atoms with Crippen molar-refractivity contribution in [3.05, 3.63) is 84.4 Å². The lowest BCUT2D eigenvalue weighted by Gasteiger charge is -2.22. The van der Waals surface area contributed by atoms with Gasteiger partial charge in [0.05, 0.1) is 7.11 Å². The Morgan fingerprint density at radius 1 is 0.818 bits per heavy atom. The van der Waals surface area contributed by atoms with Gasteiger partial charge in [-0.05, 0) is 61.7 Å². The fourth-order valence-corrected chi connectivity index (χ4v) is 3.20. The Morgan fingerprint density at radius 3 is 1.91 bits per heavy atom. The van der Waals surface area contributed by atoms with Gasteiger partial charge in [-0.25, -0.2) is 9.59 Å². The maximum Gasteiger partial charge on any atom is 0.408 e. The van der Waals surface area contributed by atoms with Gasteiger partial charge < -0.3 is 19.5 Å². The fraction of sp³-hybridized carbons (Fsp3) is 0.259. The minimum absolute atomic E-state index is 0.262. The summed E-state index contributed by atoms with van der Waals surface area (Å²) in [6, 6.07) is 24.5. The zero-order valence-corrected chi connectivity index (χ0v) is 19.3. The zero-order chi connectivity index (χ0) is 23.8. The number of carbonyl (C=O) groups excluding carboxylic acids is 2. The molecule has 1 atom stereocenters. The molecule has 0 bridgehead atoms. The third kappa shape index (κ3) is 7.38. The lowest BCUT2D eigenvalue weighted by molar-refractivity contribution is -0.143. The molecule has 0 aliphatic rings. The van der Waals surface area contributed by atoms with Gasteiger partial charge in [-0.3, -0.25) is 0 Å². The van der Waals surface area contributed by atoms with Crippen LogP contribution in [0.2, 0.25) is 0 Å². The molecule has 0 aromatic heterocycles. The SMILES string of the molecule is COC(=O)[C@@H](Cc1ccc(Oc2ccc(-c3ccccc3)cc2)cc1)NC(=O)OC(C)(C)C. The number of methoxy groups -OCH3 is 1. The second-order valence-electron chi connectivity index (χ2n) is 8.56. The van der Waals surface area contributed by atoms with Crippen LogP contribution in [0.25, 0.3) is 11.1 Å². The van der Waals surface area contributed by atoms with Crippen molar-refractivity contribution in [2.75, 3.05) is 7.11 Å². The van der Waals surface area contributed by atoms with E-state index in [1.165, 1.54) is 7.11 Å². The van der Waals surface area contributed by atoms with E-state index in [1.54, 1.807) is 20.8 Å².